The molecule has 2 nitrogen and oxygen atoms in total. The van der Waals surface area contributed by atoms with E-state index in [0.29, 0.717) is 22.4 Å². The van der Waals surface area contributed by atoms with Crippen LogP contribution in [-0.4, -0.2) is 12.4 Å². The summed E-state index contributed by atoms with van der Waals surface area (Å²) in [5, 5.41) is 0.254. The summed E-state index contributed by atoms with van der Waals surface area (Å²) in [6, 6.07) is 8.95. The fraction of sp³-hybridized carbons (Fsp3) is 0.133. The van der Waals surface area contributed by atoms with Gasteiger partial charge in [0, 0.05) is 15.1 Å². The van der Waals surface area contributed by atoms with E-state index in [2.05, 4.69) is 15.9 Å². The maximum absolute atomic E-state index is 13.8. The van der Waals surface area contributed by atoms with E-state index in [9.17, 15) is 9.18 Å². The molecule has 5 heteroatoms. The summed E-state index contributed by atoms with van der Waals surface area (Å²) in [5.41, 5.74) is 0.355. The first-order valence-corrected chi connectivity index (χ1v) is 7.12. The summed E-state index contributed by atoms with van der Waals surface area (Å²) in [4.78, 5) is 12.3. The predicted molar refractivity (Wildman–Crippen MR) is 80.2 cm³/mol. The zero-order valence-corrected chi connectivity index (χ0v) is 13.0. The van der Waals surface area contributed by atoms with Crippen molar-refractivity contribution in [3.8, 4) is 5.75 Å². The van der Waals surface area contributed by atoms with E-state index in [1.54, 1.807) is 18.2 Å². The molecule has 0 saturated carbocycles. The van der Waals surface area contributed by atoms with Crippen molar-refractivity contribution in [3.63, 3.8) is 0 Å². The Balaban J connectivity index is 2.38. The van der Waals surface area contributed by atoms with E-state index >= 15 is 0 Å². The molecule has 0 fully saturated rings. The Bertz CT molecular complexity index is 658. The number of carbonyl (C=O) groups excluding carboxylic acids is 1. The molecular formula is C15H11BrClFO2. The largest absolute Gasteiger partial charge is 0.494 e. The molecule has 0 aliphatic heterocycles. The number of rotatable bonds is 4. The molecule has 20 heavy (non-hydrogen) atoms. The minimum absolute atomic E-state index is 0.0146. The number of benzene rings is 2. The molecule has 0 spiro atoms. The molecule has 0 aliphatic carbocycles. The third-order valence-corrected chi connectivity index (χ3v) is 3.56. The van der Waals surface area contributed by atoms with E-state index in [1.165, 1.54) is 12.1 Å². The van der Waals surface area contributed by atoms with Crippen LogP contribution in [0, 0.1) is 5.82 Å². The number of halogens is 3. The number of hydrogen-bond donors (Lipinski definition) is 0. The topological polar surface area (TPSA) is 26.3 Å². The summed E-state index contributed by atoms with van der Waals surface area (Å²) in [6.45, 7) is 2.40. The second kappa shape index (κ2) is 6.37. The van der Waals surface area contributed by atoms with Crippen molar-refractivity contribution in [2.24, 2.45) is 0 Å². The Morgan fingerprint density at radius 2 is 1.95 bits per heavy atom. The van der Waals surface area contributed by atoms with E-state index in [-0.39, 0.29) is 10.6 Å². The second-order valence-electron chi connectivity index (χ2n) is 4.03. The highest BCUT2D eigenvalue weighted by molar-refractivity contribution is 9.10. The fourth-order valence-electron chi connectivity index (χ4n) is 1.76. The lowest BCUT2D eigenvalue weighted by atomic mass is 10.0. The number of ether oxygens (including phenoxy) is 1. The highest BCUT2D eigenvalue weighted by Gasteiger charge is 2.17. The van der Waals surface area contributed by atoms with Crippen molar-refractivity contribution < 1.29 is 13.9 Å². The van der Waals surface area contributed by atoms with Gasteiger partial charge in [-0.3, -0.25) is 4.79 Å². The average Bonchev–Trinajstić information content (AvgIpc) is 2.38. The molecular weight excluding hydrogens is 347 g/mol. The highest BCUT2D eigenvalue weighted by atomic mass is 79.9. The van der Waals surface area contributed by atoms with E-state index in [4.69, 9.17) is 16.3 Å². The Labute approximate surface area is 129 Å². The van der Waals surface area contributed by atoms with E-state index < -0.39 is 11.6 Å². The molecule has 2 aromatic carbocycles. The third kappa shape index (κ3) is 3.19. The lowest BCUT2D eigenvalue weighted by Crippen LogP contribution is -2.05. The molecule has 0 radical (unpaired) electrons. The van der Waals surface area contributed by atoms with Crippen LogP contribution in [0.3, 0.4) is 0 Å². The minimum Gasteiger partial charge on any atom is -0.494 e. The molecule has 0 heterocycles. The molecule has 0 atom stereocenters. The summed E-state index contributed by atoms with van der Waals surface area (Å²) in [6.07, 6.45) is 0. The lowest BCUT2D eigenvalue weighted by Gasteiger charge is -2.08. The average molecular weight is 358 g/mol. The van der Waals surface area contributed by atoms with Crippen molar-refractivity contribution in [3.05, 3.63) is 62.8 Å². The van der Waals surface area contributed by atoms with Gasteiger partial charge in [0.05, 0.1) is 12.2 Å². The zero-order valence-electron chi connectivity index (χ0n) is 10.6. The van der Waals surface area contributed by atoms with Gasteiger partial charge in [0.15, 0.2) is 5.78 Å². The predicted octanol–water partition coefficient (Wildman–Crippen LogP) is 4.87. The van der Waals surface area contributed by atoms with Gasteiger partial charge >= 0.3 is 0 Å². The first kappa shape index (κ1) is 15.0. The standard InChI is InChI=1S/C15H11BrClFO2/c1-2-20-10-4-6-11(13(16)8-10)15(19)12-5-3-9(17)7-14(12)18/h3-8H,2H2,1H3. The number of hydrogen-bond acceptors (Lipinski definition) is 2. The van der Waals surface area contributed by atoms with Crippen molar-refractivity contribution in [1.29, 1.82) is 0 Å². The van der Waals surface area contributed by atoms with Gasteiger partial charge in [0.1, 0.15) is 11.6 Å². The molecule has 0 unspecified atom stereocenters. The summed E-state index contributed by atoms with van der Waals surface area (Å²) >= 11 is 8.98. The van der Waals surface area contributed by atoms with Crippen LogP contribution in [0.5, 0.6) is 5.75 Å². The second-order valence-corrected chi connectivity index (χ2v) is 5.32. The van der Waals surface area contributed by atoms with Crippen LogP contribution in [0.15, 0.2) is 40.9 Å². The normalized spacial score (nSPS) is 10.4. The van der Waals surface area contributed by atoms with Crippen LogP contribution in [0.2, 0.25) is 5.02 Å². The van der Waals surface area contributed by atoms with Crippen molar-refractivity contribution >= 4 is 33.3 Å². The Morgan fingerprint density at radius 1 is 1.25 bits per heavy atom. The molecule has 0 amide bonds. The summed E-state index contributed by atoms with van der Waals surface area (Å²) in [5.74, 6) is -0.398. The van der Waals surface area contributed by atoms with Gasteiger partial charge in [-0.25, -0.2) is 4.39 Å². The molecule has 0 aliphatic rings. The number of carbonyl (C=O) groups is 1. The van der Waals surface area contributed by atoms with Crippen molar-refractivity contribution in [2.45, 2.75) is 6.92 Å². The first-order valence-electron chi connectivity index (χ1n) is 5.95. The van der Waals surface area contributed by atoms with Gasteiger partial charge in [0.2, 0.25) is 0 Å². The van der Waals surface area contributed by atoms with E-state index in [1.807, 2.05) is 6.92 Å². The quantitative estimate of drug-likeness (QED) is 0.730. The molecule has 0 aromatic heterocycles. The maximum atomic E-state index is 13.8. The van der Waals surface area contributed by atoms with Gasteiger partial charge in [0.25, 0.3) is 0 Å². The highest BCUT2D eigenvalue weighted by Crippen LogP contribution is 2.26. The Hall–Kier alpha value is -1.39. The van der Waals surface area contributed by atoms with Gasteiger partial charge in [-0.1, -0.05) is 11.6 Å². The molecule has 0 saturated heterocycles. The first-order chi connectivity index (χ1) is 9.52. The molecule has 2 rings (SSSR count). The van der Waals surface area contributed by atoms with Crippen LogP contribution in [0.4, 0.5) is 4.39 Å². The molecule has 2 aromatic rings. The fourth-order valence-corrected chi connectivity index (χ4v) is 2.45. The zero-order chi connectivity index (χ0) is 14.7. The van der Waals surface area contributed by atoms with Gasteiger partial charge in [-0.05, 0) is 59.3 Å². The SMILES string of the molecule is CCOc1ccc(C(=O)c2ccc(Cl)cc2F)c(Br)c1. The van der Waals surface area contributed by atoms with E-state index in [0.717, 1.165) is 6.07 Å². The van der Waals surface area contributed by atoms with Crippen LogP contribution in [0.25, 0.3) is 0 Å². The Kier molecular flexibility index (Phi) is 4.78. The van der Waals surface area contributed by atoms with Gasteiger partial charge in [-0.2, -0.15) is 0 Å². The van der Waals surface area contributed by atoms with Gasteiger partial charge in [-0.15, -0.1) is 0 Å². The minimum atomic E-state index is -0.636. The summed E-state index contributed by atoms with van der Waals surface area (Å²) < 4.78 is 19.7. The maximum Gasteiger partial charge on any atom is 0.197 e. The third-order valence-electron chi connectivity index (χ3n) is 2.67. The van der Waals surface area contributed by atoms with Crippen molar-refractivity contribution in [2.75, 3.05) is 6.61 Å². The van der Waals surface area contributed by atoms with Crippen molar-refractivity contribution in [1.82, 2.24) is 0 Å². The van der Waals surface area contributed by atoms with Crippen LogP contribution in [-0.2, 0) is 0 Å². The summed E-state index contributed by atoms with van der Waals surface area (Å²) in [7, 11) is 0. The molecule has 0 N–H and O–H groups in total. The van der Waals surface area contributed by atoms with Crippen LogP contribution < -0.4 is 4.74 Å². The molecule has 104 valence electrons. The Morgan fingerprint density at radius 3 is 2.55 bits per heavy atom. The van der Waals surface area contributed by atoms with Crippen LogP contribution >= 0.6 is 27.5 Å². The van der Waals surface area contributed by atoms with Crippen LogP contribution in [0.1, 0.15) is 22.8 Å². The smallest absolute Gasteiger partial charge is 0.197 e. The monoisotopic (exact) mass is 356 g/mol. The lowest BCUT2D eigenvalue weighted by molar-refractivity contribution is 0.103. The number of ketones is 1. The van der Waals surface area contributed by atoms with Gasteiger partial charge < -0.3 is 4.74 Å². The molecule has 0 bridgehead atoms.